The average molecular weight is 402 g/mol. The Morgan fingerprint density at radius 2 is 1.61 bits per heavy atom. The number of nitrogens with one attached hydrogen (secondary N) is 2. The first kappa shape index (κ1) is 20.3. The molecule has 0 spiro atoms. The van der Waals surface area contributed by atoms with E-state index >= 15 is 0 Å². The fourth-order valence-electron chi connectivity index (χ4n) is 2.97. The molecule has 1 fully saturated rings. The van der Waals surface area contributed by atoms with Crippen molar-refractivity contribution in [3.05, 3.63) is 59.1 Å². The zero-order chi connectivity index (χ0) is 19.8. The number of ether oxygens (including phenoxy) is 1. The van der Waals surface area contributed by atoms with Gasteiger partial charge in [0, 0.05) is 35.9 Å². The summed E-state index contributed by atoms with van der Waals surface area (Å²) in [7, 11) is 0. The Labute approximate surface area is 169 Å². The lowest BCUT2D eigenvalue weighted by Crippen LogP contribution is -2.41. The second kappa shape index (κ2) is 10.2. The smallest absolute Gasteiger partial charge is 0.238 e. The molecule has 2 aromatic carbocycles. The van der Waals surface area contributed by atoms with E-state index in [1.165, 1.54) is 0 Å². The molecule has 0 radical (unpaired) electrons. The number of morpholine rings is 1. The molecule has 1 heterocycles. The van der Waals surface area contributed by atoms with E-state index in [0.29, 0.717) is 49.0 Å². The summed E-state index contributed by atoms with van der Waals surface area (Å²) in [5.74, 6) is -0.121. The molecule has 0 unspecified atom stereocenters. The maximum absolute atomic E-state index is 12.1. The minimum atomic E-state index is -0.0657. The third-order valence-electron chi connectivity index (χ3n) is 4.45. The van der Waals surface area contributed by atoms with Crippen LogP contribution < -0.4 is 10.6 Å². The van der Waals surface area contributed by atoms with Crippen molar-refractivity contribution in [1.82, 2.24) is 4.90 Å². The van der Waals surface area contributed by atoms with E-state index in [1.54, 1.807) is 24.3 Å². The van der Waals surface area contributed by atoms with Crippen molar-refractivity contribution in [1.29, 1.82) is 0 Å². The highest BCUT2D eigenvalue weighted by Gasteiger charge is 2.14. The summed E-state index contributed by atoms with van der Waals surface area (Å²) >= 11 is 5.96. The second-order valence-corrected chi connectivity index (χ2v) is 7.13. The number of carbonyl (C=O) groups is 2. The molecule has 2 aromatic rings. The highest BCUT2D eigenvalue weighted by atomic mass is 35.5. The molecule has 1 aliphatic rings. The van der Waals surface area contributed by atoms with Crippen LogP contribution in [0.2, 0.25) is 5.02 Å². The molecule has 3 rings (SSSR count). The van der Waals surface area contributed by atoms with Gasteiger partial charge in [0.15, 0.2) is 0 Å². The van der Waals surface area contributed by atoms with Gasteiger partial charge in [-0.3, -0.25) is 14.5 Å². The van der Waals surface area contributed by atoms with E-state index in [0.717, 1.165) is 18.7 Å². The van der Waals surface area contributed by atoms with E-state index in [2.05, 4.69) is 15.5 Å². The van der Waals surface area contributed by atoms with Gasteiger partial charge in [-0.2, -0.15) is 0 Å². The Bertz CT molecular complexity index is 805. The lowest BCUT2D eigenvalue weighted by molar-refractivity contribution is -0.118. The van der Waals surface area contributed by atoms with Crippen LogP contribution in [0.25, 0.3) is 0 Å². The Hall–Kier alpha value is -2.41. The topological polar surface area (TPSA) is 70.7 Å². The molecule has 7 heteroatoms. The van der Waals surface area contributed by atoms with E-state index < -0.39 is 0 Å². The number of nitrogens with zero attached hydrogens (tertiary/aromatic N) is 1. The summed E-state index contributed by atoms with van der Waals surface area (Å²) in [5.41, 5.74) is 2.43. The first-order valence-electron chi connectivity index (χ1n) is 9.33. The maximum atomic E-state index is 12.1. The average Bonchev–Trinajstić information content (AvgIpc) is 2.69. The number of benzene rings is 2. The molecule has 0 saturated carbocycles. The van der Waals surface area contributed by atoms with Gasteiger partial charge < -0.3 is 15.4 Å². The summed E-state index contributed by atoms with van der Waals surface area (Å²) in [4.78, 5) is 26.3. The quantitative estimate of drug-likeness (QED) is 0.747. The molecule has 2 amide bonds. The molecule has 2 N–H and O–H groups in total. The van der Waals surface area contributed by atoms with E-state index in [9.17, 15) is 9.59 Å². The highest BCUT2D eigenvalue weighted by Crippen LogP contribution is 2.15. The van der Waals surface area contributed by atoms with Crippen LogP contribution in [0.1, 0.15) is 12.0 Å². The highest BCUT2D eigenvalue weighted by molar-refractivity contribution is 6.30. The van der Waals surface area contributed by atoms with Gasteiger partial charge in [0.2, 0.25) is 11.8 Å². The molecule has 0 aromatic heterocycles. The van der Waals surface area contributed by atoms with Crippen LogP contribution in [0, 0.1) is 0 Å². The standard InChI is InChI=1S/C21H24ClN3O3/c22-17-3-1-2-16(14-17)4-9-20(26)23-18-5-7-19(8-6-18)24-21(27)15-25-10-12-28-13-11-25/h1-3,5-8,14H,4,9-13,15H2,(H,23,26)(H,24,27). The van der Waals surface area contributed by atoms with E-state index in [1.807, 2.05) is 24.3 Å². The number of carbonyl (C=O) groups excluding carboxylic acids is 2. The van der Waals surface area contributed by atoms with Crippen molar-refractivity contribution in [3.8, 4) is 0 Å². The van der Waals surface area contributed by atoms with Crippen LogP contribution >= 0.6 is 11.6 Å². The SMILES string of the molecule is O=C(CCc1cccc(Cl)c1)Nc1ccc(NC(=O)CN2CCOCC2)cc1. The molecular formula is C21H24ClN3O3. The summed E-state index contributed by atoms with van der Waals surface area (Å²) in [6, 6.07) is 14.6. The van der Waals surface area contributed by atoms with Crippen LogP contribution in [0.4, 0.5) is 11.4 Å². The van der Waals surface area contributed by atoms with Crippen LogP contribution in [0.5, 0.6) is 0 Å². The van der Waals surface area contributed by atoms with Gasteiger partial charge in [-0.15, -0.1) is 0 Å². The Kier molecular flexibility index (Phi) is 7.42. The van der Waals surface area contributed by atoms with Gasteiger partial charge in [-0.1, -0.05) is 23.7 Å². The zero-order valence-electron chi connectivity index (χ0n) is 15.6. The van der Waals surface area contributed by atoms with Crippen molar-refractivity contribution in [2.75, 3.05) is 43.5 Å². The largest absolute Gasteiger partial charge is 0.379 e. The van der Waals surface area contributed by atoms with Crippen LogP contribution in [-0.2, 0) is 20.7 Å². The van der Waals surface area contributed by atoms with Gasteiger partial charge in [-0.05, 0) is 48.4 Å². The number of halogens is 1. The summed E-state index contributed by atoms with van der Waals surface area (Å²) in [5, 5.41) is 6.41. The number of hydrogen-bond acceptors (Lipinski definition) is 4. The molecule has 28 heavy (non-hydrogen) atoms. The number of rotatable bonds is 7. The summed E-state index contributed by atoms with van der Waals surface area (Å²) in [6.07, 6.45) is 1.00. The predicted octanol–water partition coefficient (Wildman–Crippen LogP) is 3.18. The maximum Gasteiger partial charge on any atom is 0.238 e. The Morgan fingerprint density at radius 3 is 2.25 bits per heavy atom. The molecule has 6 nitrogen and oxygen atoms in total. The normalized spacial score (nSPS) is 14.5. The Balaban J connectivity index is 1.43. The third-order valence-corrected chi connectivity index (χ3v) is 4.69. The molecule has 148 valence electrons. The first-order chi connectivity index (χ1) is 13.6. The Morgan fingerprint density at radius 1 is 0.964 bits per heavy atom. The van der Waals surface area contributed by atoms with Gasteiger partial charge in [0.1, 0.15) is 0 Å². The fraction of sp³-hybridized carbons (Fsp3) is 0.333. The molecule has 0 aliphatic carbocycles. The van der Waals surface area contributed by atoms with Crippen LogP contribution in [0.3, 0.4) is 0 Å². The van der Waals surface area contributed by atoms with Crippen molar-refractivity contribution in [2.24, 2.45) is 0 Å². The lowest BCUT2D eigenvalue weighted by Gasteiger charge is -2.25. The van der Waals surface area contributed by atoms with E-state index in [-0.39, 0.29) is 11.8 Å². The number of aryl methyl sites for hydroxylation is 1. The van der Waals surface area contributed by atoms with E-state index in [4.69, 9.17) is 16.3 Å². The minimum absolute atomic E-state index is 0.0554. The van der Waals surface area contributed by atoms with Crippen LogP contribution in [-0.4, -0.2) is 49.6 Å². The summed E-state index contributed by atoms with van der Waals surface area (Å²) < 4.78 is 5.28. The fourth-order valence-corrected chi connectivity index (χ4v) is 3.19. The molecular weight excluding hydrogens is 378 g/mol. The van der Waals surface area contributed by atoms with Gasteiger partial charge in [0.25, 0.3) is 0 Å². The number of amides is 2. The van der Waals surface area contributed by atoms with Crippen LogP contribution in [0.15, 0.2) is 48.5 Å². The van der Waals surface area contributed by atoms with Crippen molar-refractivity contribution in [3.63, 3.8) is 0 Å². The van der Waals surface area contributed by atoms with Crippen molar-refractivity contribution < 1.29 is 14.3 Å². The lowest BCUT2D eigenvalue weighted by atomic mass is 10.1. The van der Waals surface area contributed by atoms with Gasteiger partial charge in [-0.25, -0.2) is 0 Å². The van der Waals surface area contributed by atoms with Crippen molar-refractivity contribution >= 4 is 34.8 Å². The summed E-state index contributed by atoms with van der Waals surface area (Å²) in [6.45, 7) is 3.23. The van der Waals surface area contributed by atoms with Crippen molar-refractivity contribution in [2.45, 2.75) is 12.8 Å². The minimum Gasteiger partial charge on any atom is -0.379 e. The first-order valence-corrected chi connectivity index (χ1v) is 9.70. The molecule has 0 atom stereocenters. The molecule has 0 bridgehead atoms. The molecule has 1 aliphatic heterocycles. The van der Waals surface area contributed by atoms with Gasteiger partial charge >= 0.3 is 0 Å². The number of anilines is 2. The molecule has 1 saturated heterocycles. The zero-order valence-corrected chi connectivity index (χ0v) is 16.4. The third kappa shape index (κ3) is 6.64. The predicted molar refractivity (Wildman–Crippen MR) is 111 cm³/mol. The number of hydrogen-bond donors (Lipinski definition) is 2. The van der Waals surface area contributed by atoms with Gasteiger partial charge in [0.05, 0.1) is 19.8 Å². The monoisotopic (exact) mass is 401 g/mol. The second-order valence-electron chi connectivity index (χ2n) is 6.69.